The molecule has 0 N–H and O–H groups in total. The third-order valence-electron chi connectivity index (χ3n) is 8.80. The van der Waals surface area contributed by atoms with E-state index in [1.807, 2.05) is 0 Å². The molecule has 6 heteroatoms. The van der Waals surface area contributed by atoms with Crippen LogP contribution in [0.25, 0.3) is 11.3 Å². The molecule has 2 aliphatic heterocycles. The highest BCUT2D eigenvalue weighted by atomic mass is 32.1. The molecular formula is C33H36N4OS. The maximum Gasteiger partial charge on any atom is 0.129 e. The molecule has 2 aromatic heterocycles. The number of para-hydroxylation sites is 1. The van der Waals surface area contributed by atoms with Gasteiger partial charge in [-0.1, -0.05) is 30.3 Å². The van der Waals surface area contributed by atoms with Crippen molar-refractivity contribution in [2.24, 2.45) is 11.8 Å². The number of ether oxygens (including phenoxy) is 1. The third-order valence-corrected chi connectivity index (χ3v) is 9.75. The number of piperidine rings is 1. The first-order valence-corrected chi connectivity index (χ1v) is 15.2. The molecule has 7 rings (SSSR count). The van der Waals surface area contributed by atoms with Crippen molar-refractivity contribution in [2.75, 3.05) is 24.5 Å². The molecule has 0 amide bonds. The molecule has 2 atom stereocenters. The van der Waals surface area contributed by atoms with Gasteiger partial charge in [0.1, 0.15) is 23.2 Å². The van der Waals surface area contributed by atoms with E-state index in [0.29, 0.717) is 6.61 Å². The van der Waals surface area contributed by atoms with Crippen LogP contribution < -0.4 is 9.64 Å². The summed E-state index contributed by atoms with van der Waals surface area (Å²) < 4.78 is 6.49. The van der Waals surface area contributed by atoms with Crippen LogP contribution in [0.15, 0.2) is 60.0 Å². The second-order valence-corrected chi connectivity index (χ2v) is 12.4. The zero-order valence-corrected chi connectivity index (χ0v) is 23.7. The predicted octanol–water partition coefficient (Wildman–Crippen LogP) is 6.81. The Labute approximate surface area is 235 Å². The van der Waals surface area contributed by atoms with Crippen LogP contribution >= 0.6 is 11.3 Å². The smallest absolute Gasteiger partial charge is 0.129 e. The first kappa shape index (κ1) is 24.8. The molecule has 5 nitrogen and oxygen atoms in total. The monoisotopic (exact) mass is 536 g/mol. The normalized spacial score (nSPS) is 20.4. The van der Waals surface area contributed by atoms with Gasteiger partial charge in [-0.15, -0.1) is 11.3 Å². The van der Waals surface area contributed by atoms with E-state index in [-0.39, 0.29) is 0 Å². The number of rotatable bonds is 7. The van der Waals surface area contributed by atoms with Crippen molar-refractivity contribution in [3.63, 3.8) is 0 Å². The second kappa shape index (κ2) is 10.4. The van der Waals surface area contributed by atoms with Gasteiger partial charge in [0.2, 0.25) is 0 Å². The average Bonchev–Trinajstić information content (AvgIpc) is 3.64. The zero-order valence-electron chi connectivity index (χ0n) is 22.9. The van der Waals surface area contributed by atoms with Crippen LogP contribution in [0.5, 0.6) is 5.75 Å². The Morgan fingerprint density at radius 2 is 1.90 bits per heavy atom. The second-order valence-electron chi connectivity index (χ2n) is 11.5. The minimum absolute atomic E-state index is 0.563. The van der Waals surface area contributed by atoms with Gasteiger partial charge in [0, 0.05) is 42.8 Å². The van der Waals surface area contributed by atoms with Crippen LogP contribution in [0.4, 0.5) is 5.82 Å². The molecule has 0 bridgehead atoms. The fourth-order valence-corrected chi connectivity index (χ4v) is 7.22. The number of hydrogen-bond donors (Lipinski definition) is 0. The standard InChI is InChI=1S/C33H36N4OS/c1-22-21-39-33(34-22)19-36-14-13-28-23(2)26(11-10-25(28)17-36)20-38-31-8-4-3-6-29(31)30-7-5-9-32(35-30)37-15-12-24-16-27(24)18-37/h3-11,21,24,27H,12-20H2,1-2H3. The Bertz CT molecular complexity index is 1500. The molecule has 1 saturated carbocycles. The van der Waals surface area contributed by atoms with Crippen LogP contribution in [0.1, 0.15) is 45.8 Å². The topological polar surface area (TPSA) is 41.5 Å². The van der Waals surface area contributed by atoms with Crippen molar-refractivity contribution in [3.8, 4) is 17.0 Å². The van der Waals surface area contributed by atoms with E-state index in [1.54, 1.807) is 11.3 Å². The summed E-state index contributed by atoms with van der Waals surface area (Å²) in [6.45, 7) is 10.2. The lowest BCUT2D eigenvalue weighted by atomic mass is 9.92. The molecule has 4 aromatic rings. The van der Waals surface area contributed by atoms with Crippen LogP contribution in [-0.4, -0.2) is 34.5 Å². The number of nitrogens with zero attached hydrogens (tertiary/aromatic N) is 4. The summed E-state index contributed by atoms with van der Waals surface area (Å²) >= 11 is 1.77. The number of aromatic nitrogens is 2. The molecule has 0 spiro atoms. The molecule has 0 radical (unpaired) electrons. The molecule has 2 aromatic carbocycles. The Hall–Kier alpha value is -3.22. The maximum atomic E-state index is 6.49. The molecule has 39 heavy (non-hydrogen) atoms. The molecular weight excluding hydrogens is 500 g/mol. The van der Waals surface area contributed by atoms with Crippen molar-refractivity contribution in [1.29, 1.82) is 0 Å². The van der Waals surface area contributed by atoms with Crippen LogP contribution in [0, 0.1) is 25.7 Å². The highest BCUT2D eigenvalue weighted by Crippen LogP contribution is 2.45. The molecule has 2 fully saturated rings. The highest BCUT2D eigenvalue weighted by Gasteiger charge is 2.41. The lowest BCUT2D eigenvalue weighted by Gasteiger charge is -2.30. The van der Waals surface area contributed by atoms with Gasteiger partial charge in [-0.05, 0) is 91.5 Å². The fraction of sp³-hybridized carbons (Fsp3) is 0.394. The van der Waals surface area contributed by atoms with E-state index < -0.39 is 0 Å². The predicted molar refractivity (Wildman–Crippen MR) is 158 cm³/mol. The molecule has 1 saturated heterocycles. The Kier molecular flexibility index (Phi) is 6.61. The van der Waals surface area contributed by atoms with E-state index in [1.165, 1.54) is 40.1 Å². The Morgan fingerprint density at radius 3 is 2.77 bits per heavy atom. The van der Waals surface area contributed by atoms with Gasteiger partial charge in [-0.25, -0.2) is 9.97 Å². The molecule has 1 aliphatic carbocycles. The van der Waals surface area contributed by atoms with Gasteiger partial charge in [-0.2, -0.15) is 0 Å². The number of pyridine rings is 1. The molecule has 2 unspecified atom stereocenters. The summed E-state index contributed by atoms with van der Waals surface area (Å²) in [7, 11) is 0. The van der Waals surface area contributed by atoms with Crippen molar-refractivity contribution < 1.29 is 4.74 Å². The average molecular weight is 537 g/mol. The van der Waals surface area contributed by atoms with Crippen molar-refractivity contribution in [2.45, 2.75) is 52.8 Å². The Morgan fingerprint density at radius 1 is 0.974 bits per heavy atom. The first-order valence-electron chi connectivity index (χ1n) is 14.3. The van der Waals surface area contributed by atoms with Gasteiger partial charge in [0.25, 0.3) is 0 Å². The SMILES string of the molecule is Cc1csc(CN2CCc3c(ccc(COc4ccccc4-c4cccc(N5CCC6CC6C5)n4)c3C)C2)n1. The van der Waals surface area contributed by atoms with E-state index in [9.17, 15) is 0 Å². The van der Waals surface area contributed by atoms with E-state index in [4.69, 9.17) is 9.72 Å². The molecule has 200 valence electrons. The Balaban J connectivity index is 1.05. The first-order chi connectivity index (χ1) is 19.1. The highest BCUT2D eigenvalue weighted by molar-refractivity contribution is 7.09. The summed E-state index contributed by atoms with van der Waals surface area (Å²) in [6, 6.07) is 19.3. The van der Waals surface area contributed by atoms with E-state index >= 15 is 0 Å². The number of thiazole rings is 1. The quantitative estimate of drug-likeness (QED) is 0.260. The van der Waals surface area contributed by atoms with Crippen LogP contribution in [0.2, 0.25) is 0 Å². The molecule has 4 heterocycles. The summed E-state index contributed by atoms with van der Waals surface area (Å²) in [5.74, 6) is 3.84. The number of hydrogen-bond acceptors (Lipinski definition) is 6. The van der Waals surface area contributed by atoms with E-state index in [0.717, 1.165) is 79.5 Å². The number of anilines is 1. The molecule has 3 aliphatic rings. The van der Waals surface area contributed by atoms with Crippen LogP contribution in [-0.2, 0) is 26.1 Å². The van der Waals surface area contributed by atoms with Crippen molar-refractivity contribution in [3.05, 3.63) is 92.9 Å². The minimum atomic E-state index is 0.563. The summed E-state index contributed by atoms with van der Waals surface area (Å²) in [5, 5.41) is 3.36. The summed E-state index contributed by atoms with van der Waals surface area (Å²) in [6.07, 6.45) is 3.78. The summed E-state index contributed by atoms with van der Waals surface area (Å²) in [4.78, 5) is 14.7. The minimum Gasteiger partial charge on any atom is -0.488 e. The number of benzene rings is 2. The van der Waals surface area contributed by atoms with Gasteiger partial charge in [0.15, 0.2) is 0 Å². The third kappa shape index (κ3) is 5.20. The van der Waals surface area contributed by atoms with Gasteiger partial charge in [-0.3, -0.25) is 4.90 Å². The van der Waals surface area contributed by atoms with Gasteiger partial charge in [0.05, 0.1) is 12.2 Å². The fourth-order valence-electron chi connectivity index (χ4n) is 6.41. The largest absolute Gasteiger partial charge is 0.488 e. The van der Waals surface area contributed by atoms with Crippen LogP contribution in [0.3, 0.4) is 0 Å². The zero-order chi connectivity index (χ0) is 26.3. The number of fused-ring (bicyclic) bond motifs is 2. The van der Waals surface area contributed by atoms with Gasteiger partial charge >= 0.3 is 0 Å². The lowest BCUT2D eigenvalue weighted by molar-refractivity contribution is 0.244. The van der Waals surface area contributed by atoms with Crippen molar-refractivity contribution in [1.82, 2.24) is 14.9 Å². The van der Waals surface area contributed by atoms with E-state index in [2.05, 4.69) is 88.6 Å². The maximum absolute atomic E-state index is 6.49. The lowest BCUT2D eigenvalue weighted by Crippen LogP contribution is -2.31. The van der Waals surface area contributed by atoms with Crippen molar-refractivity contribution >= 4 is 17.2 Å². The summed E-state index contributed by atoms with van der Waals surface area (Å²) in [5.41, 5.74) is 8.73. The number of aryl methyl sites for hydroxylation is 1. The van der Waals surface area contributed by atoms with Gasteiger partial charge < -0.3 is 9.64 Å².